The molecule has 0 bridgehead atoms. The molecule has 0 amide bonds. The van der Waals surface area contributed by atoms with Crippen LogP contribution in [-0.4, -0.2) is 9.97 Å². The number of hydrogen-bond donors (Lipinski definition) is 2. The molecule has 0 spiro atoms. The highest BCUT2D eigenvalue weighted by Crippen LogP contribution is 2.31. The Morgan fingerprint density at radius 2 is 2.05 bits per heavy atom. The van der Waals surface area contributed by atoms with Gasteiger partial charge in [-0.05, 0) is 18.2 Å². The summed E-state index contributed by atoms with van der Waals surface area (Å²) in [5, 5.41) is 0.492. The average molecular weight is 358 g/mol. The van der Waals surface area contributed by atoms with Crippen molar-refractivity contribution in [3.63, 3.8) is 0 Å². The summed E-state index contributed by atoms with van der Waals surface area (Å²) >= 11 is 9.46. The largest absolute Gasteiger partial charge is 0.437 e. The fourth-order valence-electron chi connectivity index (χ4n) is 1.50. The maximum absolute atomic E-state index is 6.12. The van der Waals surface area contributed by atoms with E-state index in [-0.39, 0.29) is 5.92 Å². The number of benzene rings is 1. The lowest BCUT2D eigenvalue weighted by atomic mass is 10.2. The van der Waals surface area contributed by atoms with E-state index in [0.29, 0.717) is 28.3 Å². The highest BCUT2D eigenvalue weighted by Gasteiger charge is 2.11. The highest BCUT2D eigenvalue weighted by molar-refractivity contribution is 9.10. The van der Waals surface area contributed by atoms with Crippen LogP contribution in [0, 0.1) is 0 Å². The lowest BCUT2D eigenvalue weighted by Crippen LogP contribution is -2.11. The molecule has 5 nitrogen and oxygen atoms in total. The van der Waals surface area contributed by atoms with E-state index >= 15 is 0 Å². The molecule has 1 heterocycles. The number of nitrogens with one attached hydrogen (secondary N) is 1. The van der Waals surface area contributed by atoms with E-state index in [1.807, 2.05) is 19.9 Å². The predicted molar refractivity (Wildman–Crippen MR) is 83.2 cm³/mol. The van der Waals surface area contributed by atoms with E-state index in [1.54, 1.807) is 18.2 Å². The molecule has 0 atom stereocenters. The summed E-state index contributed by atoms with van der Waals surface area (Å²) in [7, 11) is 0. The summed E-state index contributed by atoms with van der Waals surface area (Å²) in [6, 6.07) is 6.97. The second-order valence-corrected chi connectivity index (χ2v) is 5.75. The molecule has 0 fully saturated rings. The van der Waals surface area contributed by atoms with Gasteiger partial charge >= 0.3 is 0 Å². The van der Waals surface area contributed by atoms with Crippen molar-refractivity contribution < 1.29 is 4.74 Å². The fraction of sp³-hybridized carbons (Fsp3) is 0.231. The lowest BCUT2D eigenvalue weighted by Gasteiger charge is -2.11. The summed E-state index contributed by atoms with van der Waals surface area (Å²) in [5.74, 6) is 7.61. The summed E-state index contributed by atoms with van der Waals surface area (Å²) < 4.78 is 6.58. The van der Waals surface area contributed by atoms with E-state index < -0.39 is 0 Å². The number of nitrogens with two attached hydrogens (primary N) is 1. The van der Waals surface area contributed by atoms with E-state index in [4.69, 9.17) is 22.2 Å². The van der Waals surface area contributed by atoms with Crippen LogP contribution in [0.15, 0.2) is 28.7 Å². The van der Waals surface area contributed by atoms with Crippen molar-refractivity contribution in [1.29, 1.82) is 0 Å². The van der Waals surface area contributed by atoms with Crippen LogP contribution in [0.5, 0.6) is 11.6 Å². The molecule has 7 heteroatoms. The lowest BCUT2D eigenvalue weighted by molar-refractivity contribution is 0.457. The number of anilines is 1. The molecule has 1 aromatic heterocycles. The third-order valence-electron chi connectivity index (χ3n) is 2.49. The van der Waals surface area contributed by atoms with Gasteiger partial charge in [0.15, 0.2) is 0 Å². The molecule has 1 aromatic carbocycles. The molecule has 2 aromatic rings. The average Bonchev–Trinajstić information content (AvgIpc) is 2.41. The van der Waals surface area contributed by atoms with Gasteiger partial charge in [0, 0.05) is 16.5 Å². The number of ether oxygens (including phenoxy) is 1. The molecular weight excluding hydrogens is 344 g/mol. The minimum absolute atomic E-state index is 0.158. The Bertz CT molecular complexity index is 621. The Kier molecular flexibility index (Phi) is 4.80. The Labute approximate surface area is 130 Å². The van der Waals surface area contributed by atoms with Gasteiger partial charge in [-0.1, -0.05) is 41.4 Å². The van der Waals surface area contributed by atoms with E-state index in [2.05, 4.69) is 31.3 Å². The van der Waals surface area contributed by atoms with E-state index in [1.165, 1.54) is 0 Å². The summed E-state index contributed by atoms with van der Waals surface area (Å²) in [4.78, 5) is 8.60. The van der Waals surface area contributed by atoms with Crippen LogP contribution in [-0.2, 0) is 0 Å². The van der Waals surface area contributed by atoms with Crippen LogP contribution in [0.2, 0.25) is 5.02 Å². The van der Waals surface area contributed by atoms with E-state index in [0.717, 1.165) is 4.47 Å². The molecular formula is C13H14BrClN4O. The second kappa shape index (κ2) is 6.39. The number of aromatic nitrogens is 2. The number of rotatable bonds is 4. The summed E-state index contributed by atoms with van der Waals surface area (Å²) in [6.07, 6.45) is 0. The minimum atomic E-state index is 0.158. The van der Waals surface area contributed by atoms with Gasteiger partial charge in [0.25, 0.3) is 0 Å². The summed E-state index contributed by atoms with van der Waals surface area (Å²) in [6.45, 7) is 3.98. The van der Waals surface area contributed by atoms with Crippen molar-refractivity contribution in [2.45, 2.75) is 19.8 Å². The van der Waals surface area contributed by atoms with Crippen LogP contribution in [0.25, 0.3) is 0 Å². The molecule has 0 unspecified atom stereocenters. The first-order valence-electron chi connectivity index (χ1n) is 5.98. The van der Waals surface area contributed by atoms with Crippen LogP contribution < -0.4 is 16.0 Å². The van der Waals surface area contributed by atoms with Crippen molar-refractivity contribution in [2.24, 2.45) is 5.84 Å². The normalized spacial score (nSPS) is 10.7. The van der Waals surface area contributed by atoms with Crippen molar-refractivity contribution in [2.75, 3.05) is 5.43 Å². The topological polar surface area (TPSA) is 73.1 Å². The Hall–Kier alpha value is -1.37. The molecule has 2 rings (SSSR count). The van der Waals surface area contributed by atoms with Crippen LogP contribution in [0.4, 0.5) is 5.82 Å². The van der Waals surface area contributed by atoms with Crippen LogP contribution >= 0.6 is 27.5 Å². The standard InChI is InChI=1S/C13H14BrClN4O/c1-7(2)13-17-11(19-16)6-12(18-13)20-10-4-3-8(14)5-9(10)15/h3-7H,16H2,1-2H3,(H,17,18,19). The van der Waals surface area contributed by atoms with Gasteiger partial charge in [-0.3, -0.25) is 0 Å². The van der Waals surface area contributed by atoms with Gasteiger partial charge in [-0.25, -0.2) is 10.8 Å². The van der Waals surface area contributed by atoms with Gasteiger partial charge in [-0.2, -0.15) is 4.98 Å². The molecule has 0 aliphatic heterocycles. The highest BCUT2D eigenvalue weighted by atomic mass is 79.9. The third-order valence-corrected chi connectivity index (χ3v) is 3.28. The number of hydrazine groups is 1. The van der Waals surface area contributed by atoms with Crippen LogP contribution in [0.3, 0.4) is 0 Å². The monoisotopic (exact) mass is 356 g/mol. The third kappa shape index (κ3) is 3.59. The molecule has 0 saturated carbocycles. The predicted octanol–water partition coefficient (Wildman–Crippen LogP) is 4.09. The Balaban J connectivity index is 2.34. The zero-order valence-corrected chi connectivity index (χ0v) is 13.4. The first kappa shape index (κ1) is 15.0. The van der Waals surface area contributed by atoms with Gasteiger partial charge < -0.3 is 10.2 Å². The Morgan fingerprint density at radius 3 is 2.65 bits per heavy atom. The van der Waals surface area contributed by atoms with E-state index in [9.17, 15) is 0 Å². The number of hydrogen-bond acceptors (Lipinski definition) is 5. The molecule has 0 radical (unpaired) electrons. The van der Waals surface area contributed by atoms with Gasteiger partial charge in [0.1, 0.15) is 17.4 Å². The molecule has 3 N–H and O–H groups in total. The molecule has 0 aliphatic rings. The number of nitrogens with zero attached hydrogens (tertiary/aromatic N) is 2. The van der Waals surface area contributed by atoms with Crippen molar-refractivity contribution in [3.05, 3.63) is 39.6 Å². The zero-order chi connectivity index (χ0) is 14.7. The maximum Gasteiger partial charge on any atom is 0.224 e. The zero-order valence-electron chi connectivity index (χ0n) is 11.0. The molecule has 0 aliphatic carbocycles. The van der Waals surface area contributed by atoms with Crippen LogP contribution in [0.1, 0.15) is 25.6 Å². The first-order valence-corrected chi connectivity index (χ1v) is 7.15. The van der Waals surface area contributed by atoms with Gasteiger partial charge in [0.2, 0.25) is 5.88 Å². The number of halogens is 2. The quantitative estimate of drug-likeness (QED) is 0.637. The first-order chi connectivity index (χ1) is 9.49. The van der Waals surface area contributed by atoms with Crippen molar-refractivity contribution in [3.8, 4) is 11.6 Å². The van der Waals surface area contributed by atoms with Crippen molar-refractivity contribution in [1.82, 2.24) is 9.97 Å². The SMILES string of the molecule is CC(C)c1nc(NN)cc(Oc2ccc(Br)cc2Cl)n1. The Morgan fingerprint density at radius 1 is 1.30 bits per heavy atom. The molecule has 20 heavy (non-hydrogen) atoms. The van der Waals surface area contributed by atoms with Gasteiger partial charge in [-0.15, -0.1) is 0 Å². The minimum Gasteiger partial charge on any atom is -0.437 e. The maximum atomic E-state index is 6.12. The fourth-order valence-corrected chi connectivity index (χ4v) is 2.21. The second-order valence-electron chi connectivity index (χ2n) is 4.43. The number of nitrogen functional groups attached to an aromatic ring is 1. The smallest absolute Gasteiger partial charge is 0.224 e. The molecule has 106 valence electrons. The summed E-state index contributed by atoms with van der Waals surface area (Å²) in [5.41, 5.74) is 2.50. The van der Waals surface area contributed by atoms with Crippen molar-refractivity contribution >= 4 is 33.3 Å². The van der Waals surface area contributed by atoms with Gasteiger partial charge in [0.05, 0.1) is 5.02 Å². The molecule has 0 saturated heterocycles.